The van der Waals surface area contributed by atoms with E-state index in [1.54, 1.807) is 0 Å². The van der Waals surface area contributed by atoms with E-state index in [2.05, 4.69) is 58.1 Å². The minimum Gasteiger partial charge on any atom is -0.286 e. The van der Waals surface area contributed by atoms with E-state index in [0.717, 1.165) is 6.42 Å². The van der Waals surface area contributed by atoms with Crippen LogP contribution in [0.15, 0.2) is 52.6 Å². The fourth-order valence-corrected chi connectivity index (χ4v) is 1.79. The fraction of sp³-hybridized carbons (Fsp3) is 0.526. The molecule has 0 heterocycles. The molecule has 0 saturated heterocycles. The highest BCUT2D eigenvalue weighted by Gasteiger charge is 2.13. The molecule has 1 aliphatic rings. The summed E-state index contributed by atoms with van der Waals surface area (Å²) in [6.45, 7) is 14.7. The van der Waals surface area contributed by atoms with Crippen LogP contribution >= 0.6 is 0 Å². The van der Waals surface area contributed by atoms with E-state index in [4.69, 9.17) is 4.99 Å². The molecule has 0 fully saturated rings. The summed E-state index contributed by atoms with van der Waals surface area (Å²) in [6, 6.07) is 0.339. The van der Waals surface area contributed by atoms with E-state index in [1.807, 2.05) is 26.8 Å². The smallest absolute Gasteiger partial charge is 0.0743 e. The third kappa shape index (κ3) is 6.70. The van der Waals surface area contributed by atoms with Crippen molar-refractivity contribution in [2.24, 2.45) is 10.9 Å². The van der Waals surface area contributed by atoms with Gasteiger partial charge < -0.3 is 0 Å². The van der Waals surface area contributed by atoms with E-state index in [1.165, 1.54) is 16.9 Å². The van der Waals surface area contributed by atoms with Crippen molar-refractivity contribution in [1.29, 1.82) is 0 Å². The largest absolute Gasteiger partial charge is 0.286 e. The first-order valence-corrected chi connectivity index (χ1v) is 7.76. The lowest BCUT2D eigenvalue weighted by Crippen LogP contribution is -2.14. The lowest BCUT2D eigenvalue weighted by molar-refractivity contribution is 0.751. The minimum absolute atomic E-state index is 0.339. The van der Waals surface area contributed by atoms with Gasteiger partial charge in [0.15, 0.2) is 0 Å². The molecule has 0 amide bonds. The third-order valence-electron chi connectivity index (χ3n) is 3.28. The predicted octanol–water partition coefficient (Wildman–Crippen LogP) is 5.91. The van der Waals surface area contributed by atoms with Crippen molar-refractivity contribution in [2.45, 2.75) is 60.9 Å². The van der Waals surface area contributed by atoms with Gasteiger partial charge in [-0.15, -0.1) is 0 Å². The van der Waals surface area contributed by atoms with E-state index in [9.17, 15) is 0 Å². The Balaban J connectivity index is 0.00000172. The van der Waals surface area contributed by atoms with Crippen LogP contribution in [0.25, 0.3) is 0 Å². The van der Waals surface area contributed by atoms with Crippen molar-refractivity contribution in [3.05, 3.63) is 47.6 Å². The van der Waals surface area contributed by atoms with Gasteiger partial charge in [0.25, 0.3) is 0 Å². The Labute approximate surface area is 125 Å². The van der Waals surface area contributed by atoms with E-state index < -0.39 is 0 Å². The Morgan fingerprint density at radius 1 is 1.30 bits per heavy atom. The van der Waals surface area contributed by atoms with Crippen molar-refractivity contribution in [3.8, 4) is 0 Å². The molecule has 0 N–H and O–H groups in total. The lowest BCUT2D eigenvalue weighted by atomic mass is 9.95. The summed E-state index contributed by atoms with van der Waals surface area (Å²) >= 11 is 0. The SMILES string of the molecule is C/C=C\C=C/C1=CCC(N=C(C)C(C)C)C(C)=C1.CC. The molecule has 1 nitrogen and oxygen atoms in total. The first-order chi connectivity index (χ1) is 9.54. The van der Waals surface area contributed by atoms with Gasteiger partial charge in [0.05, 0.1) is 6.04 Å². The van der Waals surface area contributed by atoms with Gasteiger partial charge in [-0.05, 0) is 44.3 Å². The molecular weight excluding hydrogens is 242 g/mol. The van der Waals surface area contributed by atoms with Gasteiger partial charge >= 0.3 is 0 Å². The summed E-state index contributed by atoms with van der Waals surface area (Å²) in [4.78, 5) is 4.81. The summed E-state index contributed by atoms with van der Waals surface area (Å²) in [5.41, 5.74) is 3.89. The van der Waals surface area contributed by atoms with Crippen LogP contribution in [-0.4, -0.2) is 11.8 Å². The Morgan fingerprint density at radius 2 is 1.95 bits per heavy atom. The molecule has 0 aliphatic heterocycles. The van der Waals surface area contributed by atoms with Crippen LogP contribution in [-0.2, 0) is 0 Å². The zero-order valence-corrected chi connectivity index (χ0v) is 14.3. The molecule has 0 bridgehead atoms. The fourth-order valence-electron chi connectivity index (χ4n) is 1.79. The maximum atomic E-state index is 4.81. The van der Waals surface area contributed by atoms with Gasteiger partial charge in [-0.2, -0.15) is 0 Å². The Morgan fingerprint density at radius 3 is 2.45 bits per heavy atom. The number of aliphatic imine (C=N–C) groups is 1. The number of hydrogen-bond acceptors (Lipinski definition) is 1. The molecule has 0 aromatic heterocycles. The first kappa shape index (κ1) is 18.6. The maximum absolute atomic E-state index is 4.81. The van der Waals surface area contributed by atoms with Crippen molar-refractivity contribution in [2.75, 3.05) is 0 Å². The number of allylic oxidation sites excluding steroid dienone is 6. The van der Waals surface area contributed by atoms with Gasteiger partial charge in [0.2, 0.25) is 0 Å². The molecular formula is C19H31N. The van der Waals surface area contributed by atoms with Gasteiger partial charge in [0.1, 0.15) is 0 Å². The highest BCUT2D eigenvalue weighted by Crippen LogP contribution is 2.22. The number of rotatable bonds is 4. The van der Waals surface area contributed by atoms with Gasteiger partial charge in [-0.3, -0.25) is 4.99 Å². The summed E-state index contributed by atoms with van der Waals surface area (Å²) in [7, 11) is 0. The van der Waals surface area contributed by atoms with Crippen LogP contribution in [0.3, 0.4) is 0 Å². The second-order valence-corrected chi connectivity index (χ2v) is 5.15. The molecule has 1 atom stereocenters. The van der Waals surface area contributed by atoms with Crippen LogP contribution in [0.4, 0.5) is 0 Å². The second-order valence-electron chi connectivity index (χ2n) is 5.15. The molecule has 1 aliphatic carbocycles. The predicted molar refractivity (Wildman–Crippen MR) is 93.5 cm³/mol. The summed E-state index contributed by atoms with van der Waals surface area (Å²) < 4.78 is 0. The van der Waals surface area contributed by atoms with Gasteiger partial charge in [0, 0.05) is 5.71 Å². The molecule has 0 radical (unpaired) electrons. The molecule has 0 aromatic rings. The zero-order valence-electron chi connectivity index (χ0n) is 14.3. The average molecular weight is 273 g/mol. The highest BCUT2D eigenvalue weighted by molar-refractivity contribution is 5.84. The van der Waals surface area contributed by atoms with E-state index in [-0.39, 0.29) is 0 Å². The van der Waals surface area contributed by atoms with E-state index in [0.29, 0.717) is 12.0 Å². The molecule has 0 spiro atoms. The molecule has 0 aromatic carbocycles. The van der Waals surface area contributed by atoms with Crippen molar-refractivity contribution in [3.63, 3.8) is 0 Å². The zero-order chi connectivity index (χ0) is 15.5. The summed E-state index contributed by atoms with van der Waals surface area (Å²) in [5.74, 6) is 0.540. The van der Waals surface area contributed by atoms with Crippen LogP contribution in [0.1, 0.15) is 54.9 Å². The lowest BCUT2D eigenvalue weighted by Gasteiger charge is -2.18. The third-order valence-corrected chi connectivity index (χ3v) is 3.28. The maximum Gasteiger partial charge on any atom is 0.0743 e. The van der Waals surface area contributed by atoms with Crippen LogP contribution < -0.4 is 0 Å². The second kappa shape index (κ2) is 10.4. The quantitative estimate of drug-likeness (QED) is 0.446. The summed E-state index contributed by atoms with van der Waals surface area (Å²) in [5, 5.41) is 0. The molecule has 1 rings (SSSR count). The van der Waals surface area contributed by atoms with E-state index >= 15 is 0 Å². The Hall–Kier alpha value is -1.37. The minimum atomic E-state index is 0.339. The molecule has 1 heteroatoms. The first-order valence-electron chi connectivity index (χ1n) is 7.76. The topological polar surface area (TPSA) is 12.4 Å². The van der Waals surface area contributed by atoms with Crippen molar-refractivity contribution < 1.29 is 0 Å². The van der Waals surface area contributed by atoms with Crippen LogP contribution in [0.5, 0.6) is 0 Å². The van der Waals surface area contributed by atoms with Crippen molar-refractivity contribution in [1.82, 2.24) is 0 Å². The standard InChI is InChI=1S/C17H25N.C2H6/c1-6-7-8-9-16-10-11-17(14(4)12-16)18-15(5)13(2)3;1-2/h6-10,12-13,17H,11H2,1-5H3;1-2H3/b7-6-,9-8-,18-15?;. The van der Waals surface area contributed by atoms with Crippen molar-refractivity contribution >= 4 is 5.71 Å². The van der Waals surface area contributed by atoms with Crippen LogP contribution in [0.2, 0.25) is 0 Å². The van der Waals surface area contributed by atoms with Gasteiger partial charge in [-0.1, -0.05) is 64.2 Å². The number of hydrogen-bond donors (Lipinski definition) is 0. The van der Waals surface area contributed by atoms with Gasteiger partial charge in [-0.25, -0.2) is 0 Å². The van der Waals surface area contributed by atoms with Crippen LogP contribution in [0, 0.1) is 5.92 Å². The average Bonchev–Trinajstić information content (AvgIpc) is 2.44. The normalized spacial score (nSPS) is 20.0. The molecule has 112 valence electrons. The molecule has 0 saturated carbocycles. The highest BCUT2D eigenvalue weighted by atomic mass is 14.8. The molecule has 20 heavy (non-hydrogen) atoms. The number of nitrogens with zero attached hydrogens (tertiary/aromatic N) is 1. The Bertz CT molecular complexity index is 417. The monoisotopic (exact) mass is 273 g/mol. The Kier molecular flexibility index (Phi) is 9.71. The summed E-state index contributed by atoms with van der Waals surface area (Å²) in [6.07, 6.45) is 13.9. The molecule has 1 unspecified atom stereocenters.